The first kappa shape index (κ1) is 11.1. The van der Waals surface area contributed by atoms with Gasteiger partial charge in [0.1, 0.15) is 5.82 Å². The maximum absolute atomic E-state index is 5.71. The monoisotopic (exact) mass is 217 g/mol. The molecule has 0 aliphatic carbocycles. The lowest BCUT2D eigenvalue weighted by Gasteiger charge is -2.18. The van der Waals surface area contributed by atoms with E-state index in [1.807, 2.05) is 12.1 Å². The third-order valence-electron chi connectivity index (χ3n) is 3.34. The number of hydrogen-bond donors (Lipinski definition) is 2. The summed E-state index contributed by atoms with van der Waals surface area (Å²) in [5.41, 5.74) is 9.00. The first-order valence-corrected chi connectivity index (χ1v) is 5.76. The zero-order valence-corrected chi connectivity index (χ0v) is 10.2. The lowest BCUT2D eigenvalue weighted by atomic mass is 9.90. The first-order chi connectivity index (χ1) is 7.58. The van der Waals surface area contributed by atoms with E-state index < -0.39 is 0 Å². The number of para-hydroxylation sites is 1. The van der Waals surface area contributed by atoms with Crippen LogP contribution in [0.1, 0.15) is 38.6 Å². The number of nitrogens with zero attached hydrogens (tertiary/aromatic N) is 1. The van der Waals surface area contributed by atoms with Crippen molar-refractivity contribution < 1.29 is 0 Å². The summed E-state index contributed by atoms with van der Waals surface area (Å²) >= 11 is 0. The Labute approximate surface area is 96.1 Å². The van der Waals surface area contributed by atoms with Crippen LogP contribution in [0.3, 0.4) is 0 Å². The number of nitrogens with two attached hydrogens (primary N) is 1. The van der Waals surface area contributed by atoms with E-state index in [2.05, 4.69) is 31.8 Å². The highest BCUT2D eigenvalue weighted by molar-refractivity contribution is 5.79. The molecular formula is C13H19N3. The van der Waals surface area contributed by atoms with Crippen molar-refractivity contribution in [3.8, 4) is 0 Å². The second-order valence-corrected chi connectivity index (χ2v) is 4.84. The second kappa shape index (κ2) is 3.91. The van der Waals surface area contributed by atoms with Crippen LogP contribution in [0.15, 0.2) is 18.2 Å². The molecule has 2 aromatic rings. The van der Waals surface area contributed by atoms with Crippen molar-refractivity contribution in [1.82, 2.24) is 9.97 Å². The lowest BCUT2D eigenvalue weighted by Crippen LogP contribution is -2.17. The molecule has 1 aromatic heterocycles. The van der Waals surface area contributed by atoms with Crippen LogP contribution >= 0.6 is 0 Å². The molecule has 2 rings (SSSR count). The fourth-order valence-electron chi connectivity index (χ4n) is 1.74. The Morgan fingerprint density at radius 1 is 1.38 bits per heavy atom. The summed E-state index contributed by atoms with van der Waals surface area (Å²) in [7, 11) is 0. The molecule has 3 heteroatoms. The summed E-state index contributed by atoms with van der Waals surface area (Å²) in [6, 6.07) is 6.11. The molecule has 16 heavy (non-hydrogen) atoms. The van der Waals surface area contributed by atoms with E-state index in [4.69, 9.17) is 10.7 Å². The van der Waals surface area contributed by atoms with Gasteiger partial charge in [0.15, 0.2) is 0 Å². The Hall–Kier alpha value is -1.35. The number of imidazole rings is 1. The van der Waals surface area contributed by atoms with Crippen LogP contribution < -0.4 is 5.73 Å². The number of aromatic amines is 1. The molecule has 1 heterocycles. The molecule has 0 bridgehead atoms. The Morgan fingerprint density at radius 2 is 2.12 bits per heavy atom. The van der Waals surface area contributed by atoms with Crippen molar-refractivity contribution in [2.75, 3.05) is 0 Å². The number of aromatic nitrogens is 2. The van der Waals surface area contributed by atoms with Crippen molar-refractivity contribution in [3.63, 3.8) is 0 Å². The highest BCUT2D eigenvalue weighted by Gasteiger charge is 2.22. The van der Waals surface area contributed by atoms with Crippen LogP contribution in [0.2, 0.25) is 0 Å². The zero-order valence-electron chi connectivity index (χ0n) is 10.2. The minimum absolute atomic E-state index is 0.0882. The van der Waals surface area contributed by atoms with Crippen molar-refractivity contribution in [2.45, 2.75) is 39.2 Å². The van der Waals surface area contributed by atoms with Gasteiger partial charge in [-0.15, -0.1) is 0 Å². The maximum Gasteiger partial charge on any atom is 0.112 e. The van der Waals surface area contributed by atoms with E-state index in [9.17, 15) is 0 Å². The van der Waals surface area contributed by atoms with E-state index >= 15 is 0 Å². The maximum atomic E-state index is 5.71. The highest BCUT2D eigenvalue weighted by atomic mass is 14.9. The summed E-state index contributed by atoms with van der Waals surface area (Å²) in [5, 5.41) is 0. The van der Waals surface area contributed by atoms with Crippen LogP contribution in [-0.4, -0.2) is 9.97 Å². The number of hydrogen-bond acceptors (Lipinski definition) is 2. The lowest BCUT2D eigenvalue weighted by molar-refractivity contribution is 0.479. The van der Waals surface area contributed by atoms with Gasteiger partial charge in [-0.05, 0) is 18.1 Å². The van der Waals surface area contributed by atoms with Gasteiger partial charge in [0.2, 0.25) is 0 Å². The molecule has 3 nitrogen and oxygen atoms in total. The molecule has 86 valence electrons. The van der Waals surface area contributed by atoms with Crippen molar-refractivity contribution in [2.24, 2.45) is 5.73 Å². The minimum Gasteiger partial charge on any atom is -0.342 e. The van der Waals surface area contributed by atoms with Gasteiger partial charge in [0.25, 0.3) is 0 Å². The van der Waals surface area contributed by atoms with Gasteiger partial charge in [-0.25, -0.2) is 4.98 Å². The van der Waals surface area contributed by atoms with Gasteiger partial charge in [0, 0.05) is 12.0 Å². The third kappa shape index (κ3) is 1.71. The molecule has 1 aromatic carbocycles. The smallest absolute Gasteiger partial charge is 0.112 e. The van der Waals surface area contributed by atoms with Crippen molar-refractivity contribution in [3.05, 3.63) is 29.6 Å². The SMILES string of the molecule is CCC(C)(C)c1nc2c(CN)cccc2[nH]1. The molecule has 3 N–H and O–H groups in total. The number of fused-ring (bicyclic) bond motifs is 1. The topological polar surface area (TPSA) is 54.7 Å². The minimum atomic E-state index is 0.0882. The molecule has 0 amide bonds. The van der Waals surface area contributed by atoms with E-state index in [-0.39, 0.29) is 5.41 Å². The molecule has 0 fully saturated rings. The van der Waals surface area contributed by atoms with E-state index in [0.29, 0.717) is 6.54 Å². The van der Waals surface area contributed by atoms with Crippen LogP contribution in [0.4, 0.5) is 0 Å². The largest absolute Gasteiger partial charge is 0.342 e. The Kier molecular flexibility index (Phi) is 2.72. The molecule has 0 aliphatic heterocycles. The molecule has 0 atom stereocenters. The van der Waals surface area contributed by atoms with Crippen LogP contribution in [0.5, 0.6) is 0 Å². The van der Waals surface area contributed by atoms with Gasteiger partial charge in [-0.3, -0.25) is 0 Å². The molecule has 0 radical (unpaired) electrons. The predicted molar refractivity (Wildman–Crippen MR) is 67.3 cm³/mol. The first-order valence-electron chi connectivity index (χ1n) is 5.76. The van der Waals surface area contributed by atoms with Crippen LogP contribution in [0, 0.1) is 0 Å². The summed E-state index contributed by atoms with van der Waals surface area (Å²) in [6.45, 7) is 7.12. The Balaban J connectivity index is 2.60. The molecule has 0 spiro atoms. The quantitative estimate of drug-likeness (QED) is 0.830. The Bertz CT molecular complexity index is 497. The van der Waals surface area contributed by atoms with E-state index in [0.717, 1.165) is 28.8 Å². The number of nitrogens with one attached hydrogen (secondary N) is 1. The van der Waals surface area contributed by atoms with Gasteiger partial charge in [-0.1, -0.05) is 32.9 Å². The number of rotatable bonds is 3. The number of benzene rings is 1. The highest BCUT2D eigenvalue weighted by Crippen LogP contribution is 2.27. The van der Waals surface area contributed by atoms with E-state index in [1.165, 1.54) is 0 Å². The molecule has 0 saturated heterocycles. The molecule has 0 unspecified atom stereocenters. The summed E-state index contributed by atoms with van der Waals surface area (Å²) in [5.74, 6) is 1.05. The summed E-state index contributed by atoms with van der Waals surface area (Å²) in [6.07, 6.45) is 1.06. The van der Waals surface area contributed by atoms with Gasteiger partial charge >= 0.3 is 0 Å². The number of H-pyrrole nitrogens is 1. The average Bonchev–Trinajstić information content (AvgIpc) is 2.73. The normalized spacial score (nSPS) is 12.2. The molecular weight excluding hydrogens is 198 g/mol. The van der Waals surface area contributed by atoms with Gasteiger partial charge < -0.3 is 10.7 Å². The van der Waals surface area contributed by atoms with Gasteiger partial charge in [0.05, 0.1) is 11.0 Å². The standard InChI is InChI=1S/C13H19N3/c1-4-13(2,3)12-15-10-7-5-6-9(8-14)11(10)16-12/h5-7H,4,8,14H2,1-3H3,(H,15,16). The molecule has 0 saturated carbocycles. The summed E-state index contributed by atoms with van der Waals surface area (Å²) in [4.78, 5) is 8.09. The fraction of sp³-hybridized carbons (Fsp3) is 0.462. The van der Waals surface area contributed by atoms with Crippen molar-refractivity contribution >= 4 is 11.0 Å². The third-order valence-corrected chi connectivity index (χ3v) is 3.34. The molecule has 0 aliphatic rings. The zero-order chi connectivity index (χ0) is 11.8. The van der Waals surface area contributed by atoms with Gasteiger partial charge in [-0.2, -0.15) is 0 Å². The fourth-order valence-corrected chi connectivity index (χ4v) is 1.74. The van der Waals surface area contributed by atoms with Crippen LogP contribution in [-0.2, 0) is 12.0 Å². The van der Waals surface area contributed by atoms with Crippen LogP contribution in [0.25, 0.3) is 11.0 Å². The second-order valence-electron chi connectivity index (χ2n) is 4.84. The Morgan fingerprint density at radius 3 is 2.75 bits per heavy atom. The van der Waals surface area contributed by atoms with Crippen molar-refractivity contribution in [1.29, 1.82) is 0 Å². The predicted octanol–water partition coefficient (Wildman–Crippen LogP) is 2.71. The van der Waals surface area contributed by atoms with E-state index in [1.54, 1.807) is 0 Å². The average molecular weight is 217 g/mol. The summed E-state index contributed by atoms with van der Waals surface area (Å²) < 4.78 is 0.